The van der Waals surface area contributed by atoms with Gasteiger partial charge in [-0.3, -0.25) is 9.59 Å². The van der Waals surface area contributed by atoms with Crippen LogP contribution >= 0.6 is 0 Å². The third-order valence-corrected chi connectivity index (χ3v) is 3.79. The van der Waals surface area contributed by atoms with Gasteiger partial charge in [-0.25, -0.2) is 0 Å². The van der Waals surface area contributed by atoms with Crippen molar-refractivity contribution in [3.8, 4) is 0 Å². The second-order valence-electron chi connectivity index (χ2n) is 5.68. The lowest BCUT2D eigenvalue weighted by molar-refractivity contribution is -0.137. The quantitative estimate of drug-likeness (QED) is 0.882. The second-order valence-corrected chi connectivity index (χ2v) is 5.68. The first-order valence-electron chi connectivity index (χ1n) is 7.39. The Morgan fingerprint density at radius 2 is 2.05 bits per heavy atom. The number of amides is 2. The van der Waals surface area contributed by atoms with Crippen molar-refractivity contribution in [1.82, 2.24) is 10.2 Å². The van der Waals surface area contributed by atoms with E-state index in [1.165, 1.54) is 4.90 Å². The fraction of sp³-hybridized carbons (Fsp3) is 0.500. The van der Waals surface area contributed by atoms with E-state index in [4.69, 9.17) is 0 Å². The van der Waals surface area contributed by atoms with E-state index in [0.29, 0.717) is 6.04 Å². The minimum atomic E-state index is -0.168. The molecule has 1 aliphatic rings. The van der Waals surface area contributed by atoms with E-state index < -0.39 is 0 Å². The minimum absolute atomic E-state index is 0.0239. The van der Waals surface area contributed by atoms with Gasteiger partial charge in [0.2, 0.25) is 11.8 Å². The number of likely N-dealkylation sites (N-methyl/N-ethyl adjacent to an activating group) is 1. The van der Waals surface area contributed by atoms with Crippen molar-refractivity contribution in [2.45, 2.75) is 25.8 Å². The molecule has 1 fully saturated rings. The van der Waals surface area contributed by atoms with Crippen LogP contribution in [0.15, 0.2) is 30.3 Å². The third kappa shape index (κ3) is 4.56. The van der Waals surface area contributed by atoms with Gasteiger partial charge in [-0.1, -0.05) is 18.2 Å². The lowest BCUT2D eigenvalue weighted by Crippen LogP contribution is -2.44. The van der Waals surface area contributed by atoms with Crippen LogP contribution < -0.4 is 10.6 Å². The van der Waals surface area contributed by atoms with E-state index in [2.05, 4.69) is 17.6 Å². The summed E-state index contributed by atoms with van der Waals surface area (Å²) < 4.78 is 0. The Morgan fingerprint density at radius 3 is 2.71 bits per heavy atom. The van der Waals surface area contributed by atoms with Crippen LogP contribution in [-0.4, -0.2) is 42.9 Å². The predicted molar refractivity (Wildman–Crippen MR) is 82.9 cm³/mol. The van der Waals surface area contributed by atoms with Crippen LogP contribution in [0.2, 0.25) is 0 Å². The Hall–Kier alpha value is -1.88. The van der Waals surface area contributed by atoms with Gasteiger partial charge in [0.25, 0.3) is 0 Å². The van der Waals surface area contributed by atoms with E-state index in [1.807, 2.05) is 30.3 Å². The third-order valence-electron chi connectivity index (χ3n) is 3.79. The average Bonchev–Trinajstić information content (AvgIpc) is 2.47. The highest BCUT2D eigenvalue weighted by atomic mass is 16.2. The molecule has 0 radical (unpaired) electrons. The molecule has 2 amide bonds. The smallest absolute Gasteiger partial charge is 0.243 e. The van der Waals surface area contributed by atoms with Gasteiger partial charge in [-0.05, 0) is 38.4 Å². The molecule has 2 rings (SSSR count). The summed E-state index contributed by atoms with van der Waals surface area (Å²) in [5, 5.41) is 6.12. The Bertz CT molecular complexity index is 490. The Morgan fingerprint density at radius 1 is 1.33 bits per heavy atom. The number of benzene rings is 1. The molecule has 0 bridgehead atoms. The van der Waals surface area contributed by atoms with Crippen LogP contribution in [0.25, 0.3) is 0 Å². The first-order valence-corrected chi connectivity index (χ1v) is 7.39. The van der Waals surface area contributed by atoms with Gasteiger partial charge in [0.05, 0.1) is 6.54 Å². The zero-order valence-corrected chi connectivity index (χ0v) is 12.6. The van der Waals surface area contributed by atoms with E-state index in [0.717, 1.165) is 25.1 Å². The summed E-state index contributed by atoms with van der Waals surface area (Å²) >= 11 is 0. The highest BCUT2D eigenvalue weighted by Crippen LogP contribution is 2.18. The molecule has 0 aromatic heterocycles. The van der Waals surface area contributed by atoms with Crippen LogP contribution in [0.1, 0.15) is 19.8 Å². The van der Waals surface area contributed by atoms with Crippen LogP contribution in [0.3, 0.4) is 0 Å². The maximum atomic E-state index is 12.3. The van der Waals surface area contributed by atoms with Crippen molar-refractivity contribution in [3.05, 3.63) is 30.3 Å². The largest absolute Gasteiger partial charge is 0.336 e. The number of rotatable bonds is 4. The van der Waals surface area contributed by atoms with Gasteiger partial charge in [0.1, 0.15) is 0 Å². The van der Waals surface area contributed by atoms with E-state index in [1.54, 1.807) is 7.05 Å². The molecule has 1 aromatic carbocycles. The van der Waals surface area contributed by atoms with E-state index >= 15 is 0 Å². The van der Waals surface area contributed by atoms with E-state index in [-0.39, 0.29) is 24.3 Å². The number of carbonyl (C=O) groups excluding carboxylic acids is 2. The first kappa shape index (κ1) is 15.5. The highest BCUT2D eigenvalue weighted by molar-refractivity contribution is 5.94. The first-order chi connectivity index (χ1) is 10.1. The van der Waals surface area contributed by atoms with Crippen molar-refractivity contribution >= 4 is 17.5 Å². The molecule has 1 heterocycles. The number of anilines is 1. The molecule has 21 heavy (non-hydrogen) atoms. The summed E-state index contributed by atoms with van der Waals surface area (Å²) in [6.07, 6.45) is 1.68. The van der Waals surface area contributed by atoms with Crippen LogP contribution in [0, 0.1) is 5.92 Å². The number of hydrogen-bond acceptors (Lipinski definition) is 3. The summed E-state index contributed by atoms with van der Waals surface area (Å²) in [7, 11) is 1.69. The Kier molecular flexibility index (Phi) is 5.33. The second kappa shape index (κ2) is 7.22. The molecular formula is C16H23N3O2. The SMILES string of the molecule is CC1CC(C(=O)N(C)CC(=O)Nc2ccccc2)CCN1. The zero-order valence-electron chi connectivity index (χ0n) is 12.6. The Labute approximate surface area is 125 Å². The molecule has 2 atom stereocenters. The number of para-hydroxylation sites is 1. The molecule has 2 N–H and O–H groups in total. The van der Waals surface area contributed by atoms with Crippen molar-refractivity contribution in [3.63, 3.8) is 0 Å². The van der Waals surface area contributed by atoms with Gasteiger partial charge in [0, 0.05) is 24.7 Å². The van der Waals surface area contributed by atoms with Gasteiger partial charge >= 0.3 is 0 Å². The monoisotopic (exact) mass is 289 g/mol. The minimum Gasteiger partial charge on any atom is -0.336 e. The zero-order chi connectivity index (χ0) is 15.2. The standard InChI is InChI=1S/C16H23N3O2/c1-12-10-13(8-9-17-12)16(21)19(2)11-15(20)18-14-6-4-3-5-7-14/h3-7,12-13,17H,8-11H2,1-2H3,(H,18,20). The van der Waals surface area contributed by atoms with E-state index in [9.17, 15) is 9.59 Å². The van der Waals surface area contributed by atoms with Crippen LogP contribution in [0.5, 0.6) is 0 Å². The lowest BCUT2D eigenvalue weighted by atomic mass is 9.92. The average molecular weight is 289 g/mol. The molecule has 0 saturated carbocycles. The molecule has 5 heteroatoms. The fourth-order valence-electron chi connectivity index (χ4n) is 2.68. The summed E-state index contributed by atoms with van der Waals surface area (Å²) in [6.45, 7) is 3.04. The van der Waals surface area contributed by atoms with Gasteiger partial charge in [-0.15, -0.1) is 0 Å². The number of hydrogen-bond donors (Lipinski definition) is 2. The molecule has 5 nitrogen and oxygen atoms in total. The van der Waals surface area contributed by atoms with Crippen LogP contribution in [-0.2, 0) is 9.59 Å². The fourth-order valence-corrected chi connectivity index (χ4v) is 2.68. The molecule has 1 aromatic rings. The number of carbonyl (C=O) groups is 2. The molecule has 2 unspecified atom stereocenters. The van der Waals surface area contributed by atoms with Crippen molar-refractivity contribution < 1.29 is 9.59 Å². The summed E-state index contributed by atoms with van der Waals surface area (Å²) in [6, 6.07) is 9.63. The van der Waals surface area contributed by atoms with Gasteiger partial charge in [-0.2, -0.15) is 0 Å². The summed E-state index contributed by atoms with van der Waals surface area (Å²) in [5.74, 6) is -0.0821. The highest BCUT2D eigenvalue weighted by Gasteiger charge is 2.27. The maximum absolute atomic E-state index is 12.3. The molecule has 0 spiro atoms. The number of nitrogens with zero attached hydrogens (tertiary/aromatic N) is 1. The lowest BCUT2D eigenvalue weighted by Gasteiger charge is -2.30. The Balaban J connectivity index is 1.84. The maximum Gasteiger partial charge on any atom is 0.243 e. The number of piperidine rings is 1. The summed E-state index contributed by atoms with van der Waals surface area (Å²) in [5.41, 5.74) is 0.749. The van der Waals surface area contributed by atoms with Crippen molar-refractivity contribution in [1.29, 1.82) is 0 Å². The molecule has 114 valence electrons. The molecule has 1 aliphatic heterocycles. The molecular weight excluding hydrogens is 266 g/mol. The van der Waals surface area contributed by atoms with Gasteiger partial charge in [0.15, 0.2) is 0 Å². The van der Waals surface area contributed by atoms with Gasteiger partial charge < -0.3 is 15.5 Å². The molecule has 0 aliphatic carbocycles. The van der Waals surface area contributed by atoms with Crippen LogP contribution in [0.4, 0.5) is 5.69 Å². The number of nitrogens with one attached hydrogen (secondary N) is 2. The normalized spacial score (nSPS) is 21.6. The molecule has 1 saturated heterocycles. The predicted octanol–water partition coefficient (Wildman–Crippen LogP) is 1.47. The van der Waals surface area contributed by atoms with Crippen molar-refractivity contribution in [2.75, 3.05) is 25.5 Å². The van der Waals surface area contributed by atoms with Crippen molar-refractivity contribution in [2.24, 2.45) is 5.92 Å². The summed E-state index contributed by atoms with van der Waals surface area (Å²) in [4.78, 5) is 25.8. The topological polar surface area (TPSA) is 61.4 Å².